The van der Waals surface area contributed by atoms with Crippen LogP contribution >= 0.6 is 0 Å². The van der Waals surface area contributed by atoms with Crippen LogP contribution in [-0.4, -0.2) is 18.5 Å². The lowest BCUT2D eigenvalue weighted by Gasteiger charge is -2.02. The number of alkyl halides is 2. The van der Waals surface area contributed by atoms with E-state index in [1.54, 1.807) is 0 Å². The Hall–Kier alpha value is -0.760. The van der Waals surface area contributed by atoms with Crippen LogP contribution in [0, 0.1) is 0 Å². The zero-order valence-corrected chi connectivity index (χ0v) is 4.97. The number of aliphatic imine (C=N–C) groups is 1. The summed E-state index contributed by atoms with van der Waals surface area (Å²) < 4.78 is 23.2. The smallest absolute Gasteiger partial charge is 0.211 e. The summed E-state index contributed by atoms with van der Waals surface area (Å²) in [7, 11) is 0. The summed E-state index contributed by atoms with van der Waals surface area (Å²) in [6, 6.07) is -1.16. The van der Waals surface area contributed by atoms with Gasteiger partial charge >= 0.3 is 0 Å². The van der Waals surface area contributed by atoms with Gasteiger partial charge in [-0.15, -0.1) is 0 Å². The summed E-state index contributed by atoms with van der Waals surface area (Å²) >= 11 is 0. The quantitative estimate of drug-likeness (QED) is 0.424. The molecule has 4 heteroatoms. The molecule has 1 atom stereocenters. The van der Waals surface area contributed by atoms with Crippen molar-refractivity contribution in [2.45, 2.75) is 25.8 Å². The number of hydrogen-bond donors (Lipinski definition) is 0. The Morgan fingerprint density at radius 3 is 2.33 bits per heavy atom. The van der Waals surface area contributed by atoms with Gasteiger partial charge in [0.2, 0.25) is 6.08 Å². The highest BCUT2D eigenvalue weighted by atomic mass is 19.3. The van der Waals surface area contributed by atoms with Crippen LogP contribution in [0.2, 0.25) is 0 Å². The Morgan fingerprint density at radius 1 is 1.67 bits per heavy atom. The number of isocyanates is 1. The Bertz CT molecular complexity index is 120. The standard InChI is InChI=1S/C5H7F2NO/c1-2-4(5(6)7)8-3-9/h4-5H,2H2,1H3. The molecule has 0 N–H and O–H groups in total. The average Bonchev–Trinajstić information content (AvgIpc) is 1.82. The molecule has 0 aromatic carbocycles. The number of halogens is 2. The van der Waals surface area contributed by atoms with Gasteiger partial charge in [-0.1, -0.05) is 6.92 Å². The first-order valence-corrected chi connectivity index (χ1v) is 2.57. The highest BCUT2D eigenvalue weighted by molar-refractivity contribution is 5.33. The van der Waals surface area contributed by atoms with Gasteiger partial charge in [0.25, 0.3) is 6.43 Å². The van der Waals surface area contributed by atoms with E-state index < -0.39 is 12.5 Å². The number of carbonyl (C=O) groups excluding carboxylic acids is 1. The Labute approximate surface area is 51.6 Å². The monoisotopic (exact) mass is 135 g/mol. The maximum Gasteiger partial charge on any atom is 0.261 e. The predicted octanol–water partition coefficient (Wildman–Crippen LogP) is 1.37. The lowest BCUT2D eigenvalue weighted by Crippen LogP contribution is -2.13. The predicted molar refractivity (Wildman–Crippen MR) is 28.2 cm³/mol. The van der Waals surface area contributed by atoms with Crippen LogP contribution in [0.15, 0.2) is 4.99 Å². The van der Waals surface area contributed by atoms with Crippen molar-refractivity contribution in [1.29, 1.82) is 0 Å². The fourth-order valence-electron chi connectivity index (χ4n) is 0.394. The first kappa shape index (κ1) is 8.24. The Balaban J connectivity index is 3.82. The summed E-state index contributed by atoms with van der Waals surface area (Å²) in [6.45, 7) is 1.54. The van der Waals surface area contributed by atoms with E-state index in [1.807, 2.05) is 0 Å². The van der Waals surface area contributed by atoms with Crippen molar-refractivity contribution in [3.8, 4) is 0 Å². The van der Waals surface area contributed by atoms with Gasteiger partial charge in [0.1, 0.15) is 6.04 Å². The molecule has 0 fully saturated rings. The van der Waals surface area contributed by atoms with Crippen LogP contribution in [0.25, 0.3) is 0 Å². The average molecular weight is 135 g/mol. The minimum absolute atomic E-state index is 0.174. The van der Waals surface area contributed by atoms with E-state index in [-0.39, 0.29) is 6.42 Å². The summed E-state index contributed by atoms with van der Waals surface area (Å²) in [4.78, 5) is 12.3. The minimum Gasteiger partial charge on any atom is -0.211 e. The second kappa shape index (κ2) is 4.15. The van der Waals surface area contributed by atoms with Gasteiger partial charge in [-0.3, -0.25) is 0 Å². The molecule has 0 aromatic heterocycles. The van der Waals surface area contributed by atoms with Crippen LogP contribution in [0.3, 0.4) is 0 Å². The van der Waals surface area contributed by atoms with Gasteiger partial charge in [0.15, 0.2) is 0 Å². The highest BCUT2D eigenvalue weighted by Crippen LogP contribution is 2.07. The van der Waals surface area contributed by atoms with Crippen molar-refractivity contribution in [3.05, 3.63) is 0 Å². The molecule has 0 saturated heterocycles. The van der Waals surface area contributed by atoms with Crippen LogP contribution in [0.4, 0.5) is 8.78 Å². The van der Waals surface area contributed by atoms with E-state index in [2.05, 4.69) is 4.99 Å². The molecule has 0 saturated carbocycles. The van der Waals surface area contributed by atoms with Gasteiger partial charge in [-0.05, 0) is 6.42 Å². The maximum atomic E-state index is 11.6. The number of nitrogens with zero attached hydrogens (tertiary/aromatic N) is 1. The highest BCUT2D eigenvalue weighted by Gasteiger charge is 2.15. The van der Waals surface area contributed by atoms with E-state index in [0.29, 0.717) is 0 Å². The first-order chi connectivity index (χ1) is 4.22. The van der Waals surface area contributed by atoms with Crippen LogP contribution in [0.1, 0.15) is 13.3 Å². The fourth-order valence-corrected chi connectivity index (χ4v) is 0.394. The van der Waals surface area contributed by atoms with Crippen LogP contribution in [0.5, 0.6) is 0 Å². The lowest BCUT2D eigenvalue weighted by molar-refractivity contribution is 0.115. The van der Waals surface area contributed by atoms with Crippen LogP contribution < -0.4 is 0 Å². The van der Waals surface area contributed by atoms with Crippen molar-refractivity contribution in [2.24, 2.45) is 4.99 Å². The third-order valence-corrected chi connectivity index (χ3v) is 0.928. The second-order valence-corrected chi connectivity index (χ2v) is 1.53. The molecular formula is C5H7F2NO. The van der Waals surface area contributed by atoms with Gasteiger partial charge in [0.05, 0.1) is 0 Å². The molecule has 0 aliphatic heterocycles. The lowest BCUT2D eigenvalue weighted by atomic mass is 10.2. The van der Waals surface area contributed by atoms with Crippen molar-refractivity contribution in [1.82, 2.24) is 0 Å². The molecule has 0 amide bonds. The first-order valence-electron chi connectivity index (χ1n) is 2.57. The van der Waals surface area contributed by atoms with Crippen molar-refractivity contribution >= 4 is 6.08 Å². The third kappa shape index (κ3) is 2.93. The zero-order chi connectivity index (χ0) is 7.28. The molecule has 0 bridgehead atoms. The van der Waals surface area contributed by atoms with Crippen molar-refractivity contribution in [2.75, 3.05) is 0 Å². The maximum absolute atomic E-state index is 11.6. The number of rotatable bonds is 3. The molecule has 0 aromatic rings. The van der Waals surface area contributed by atoms with Gasteiger partial charge in [0, 0.05) is 0 Å². The summed E-state index contributed by atoms with van der Waals surface area (Å²) in [5.41, 5.74) is 0. The van der Waals surface area contributed by atoms with E-state index in [1.165, 1.54) is 6.92 Å². The van der Waals surface area contributed by atoms with Crippen molar-refractivity contribution < 1.29 is 13.6 Å². The second-order valence-electron chi connectivity index (χ2n) is 1.53. The minimum atomic E-state index is -2.54. The molecule has 0 spiro atoms. The van der Waals surface area contributed by atoms with E-state index in [0.717, 1.165) is 6.08 Å². The van der Waals surface area contributed by atoms with Gasteiger partial charge in [-0.25, -0.2) is 13.6 Å². The third-order valence-electron chi connectivity index (χ3n) is 0.928. The normalized spacial score (nSPS) is 12.9. The molecule has 1 unspecified atom stereocenters. The number of hydrogen-bond acceptors (Lipinski definition) is 2. The van der Waals surface area contributed by atoms with E-state index in [4.69, 9.17) is 0 Å². The summed E-state index contributed by atoms with van der Waals surface area (Å²) in [5, 5.41) is 0. The largest absolute Gasteiger partial charge is 0.261 e. The zero-order valence-electron chi connectivity index (χ0n) is 4.97. The molecule has 0 aliphatic carbocycles. The Kier molecular flexibility index (Phi) is 3.80. The van der Waals surface area contributed by atoms with Gasteiger partial charge < -0.3 is 0 Å². The Morgan fingerprint density at radius 2 is 2.22 bits per heavy atom. The molecular weight excluding hydrogens is 128 g/mol. The summed E-state index contributed by atoms with van der Waals surface area (Å²) in [5.74, 6) is 0. The molecule has 0 rings (SSSR count). The molecule has 2 nitrogen and oxygen atoms in total. The fraction of sp³-hybridized carbons (Fsp3) is 0.800. The molecule has 9 heavy (non-hydrogen) atoms. The van der Waals surface area contributed by atoms with E-state index >= 15 is 0 Å². The molecule has 52 valence electrons. The van der Waals surface area contributed by atoms with Gasteiger partial charge in [-0.2, -0.15) is 4.99 Å². The summed E-state index contributed by atoms with van der Waals surface area (Å²) in [6.07, 6.45) is -1.28. The molecule has 0 aliphatic rings. The molecule has 0 heterocycles. The van der Waals surface area contributed by atoms with Crippen LogP contribution in [-0.2, 0) is 4.79 Å². The topological polar surface area (TPSA) is 29.4 Å². The molecule has 0 radical (unpaired) electrons. The van der Waals surface area contributed by atoms with Crippen molar-refractivity contribution in [3.63, 3.8) is 0 Å². The SMILES string of the molecule is CCC(N=C=O)C(F)F. The van der Waals surface area contributed by atoms with E-state index in [9.17, 15) is 13.6 Å².